The normalized spacial score (nSPS) is 12.3. The van der Waals surface area contributed by atoms with E-state index in [-0.39, 0.29) is 5.57 Å². The number of aliphatic hydroxyl groups excluding tert-OH is 2. The number of carbonyl (C=O) groups is 1. The lowest BCUT2D eigenvalue weighted by molar-refractivity contribution is -0.168. The topological polar surface area (TPSA) is 66.8 Å². The van der Waals surface area contributed by atoms with Gasteiger partial charge in [0.1, 0.15) is 6.61 Å². The predicted octanol–water partition coefficient (Wildman–Crippen LogP) is -0.584. The first kappa shape index (κ1) is 9.13. The van der Waals surface area contributed by atoms with E-state index in [1.165, 1.54) is 6.92 Å². The molecule has 0 saturated heterocycles. The zero-order valence-corrected chi connectivity index (χ0v) is 5.70. The van der Waals surface area contributed by atoms with Crippen molar-refractivity contribution >= 4 is 5.97 Å². The summed E-state index contributed by atoms with van der Waals surface area (Å²) in [5.74, 6) is -0.707. The average Bonchev–Trinajstić information content (AvgIpc) is 1.87. The maximum Gasteiger partial charge on any atom is 0.335 e. The number of hydrogen-bond acceptors (Lipinski definition) is 4. The van der Waals surface area contributed by atoms with Crippen molar-refractivity contribution in [3.8, 4) is 0 Å². The molecule has 4 nitrogen and oxygen atoms in total. The van der Waals surface area contributed by atoms with Crippen LogP contribution in [-0.4, -0.2) is 29.1 Å². The monoisotopic (exact) mass is 146 g/mol. The van der Waals surface area contributed by atoms with Gasteiger partial charge in [-0.1, -0.05) is 6.58 Å². The molecular weight excluding hydrogens is 136 g/mol. The molecule has 10 heavy (non-hydrogen) atoms. The zero-order valence-electron chi connectivity index (χ0n) is 5.70. The zero-order chi connectivity index (χ0) is 8.15. The van der Waals surface area contributed by atoms with Gasteiger partial charge in [0.2, 0.25) is 6.29 Å². The van der Waals surface area contributed by atoms with Gasteiger partial charge < -0.3 is 14.9 Å². The van der Waals surface area contributed by atoms with Crippen molar-refractivity contribution in [2.45, 2.75) is 13.2 Å². The summed E-state index contributed by atoms with van der Waals surface area (Å²) in [5.41, 5.74) is 0.188. The second-order valence-electron chi connectivity index (χ2n) is 1.82. The molecule has 2 N–H and O–H groups in total. The fourth-order valence-electron chi connectivity index (χ4n) is 0.261. The van der Waals surface area contributed by atoms with Crippen LogP contribution in [0.5, 0.6) is 0 Å². The molecule has 0 rings (SSSR count). The van der Waals surface area contributed by atoms with Crippen molar-refractivity contribution in [2.75, 3.05) is 6.61 Å². The fraction of sp³-hybridized carbons (Fsp3) is 0.500. The lowest BCUT2D eigenvalue weighted by Gasteiger charge is -2.07. The summed E-state index contributed by atoms with van der Waals surface area (Å²) < 4.78 is 4.23. The Balaban J connectivity index is 3.68. The summed E-state index contributed by atoms with van der Waals surface area (Å²) in [6.07, 6.45) is -1.44. The molecule has 0 heterocycles. The Labute approximate surface area is 58.7 Å². The lowest BCUT2D eigenvalue weighted by Crippen LogP contribution is -2.21. The van der Waals surface area contributed by atoms with E-state index in [1.807, 2.05) is 0 Å². The van der Waals surface area contributed by atoms with Crippen LogP contribution in [0.1, 0.15) is 6.92 Å². The van der Waals surface area contributed by atoms with Crippen molar-refractivity contribution in [1.29, 1.82) is 0 Å². The highest BCUT2D eigenvalue weighted by atomic mass is 16.6. The molecule has 0 aromatic heterocycles. The third-order valence-electron chi connectivity index (χ3n) is 0.748. The third kappa shape index (κ3) is 3.21. The molecule has 4 heteroatoms. The SMILES string of the molecule is C=C(C)C(=O)OC(O)CO. The molecule has 1 unspecified atom stereocenters. The maximum atomic E-state index is 10.5. The van der Waals surface area contributed by atoms with Gasteiger partial charge >= 0.3 is 5.97 Å². The Kier molecular flexibility index (Phi) is 3.68. The highest BCUT2D eigenvalue weighted by Gasteiger charge is 2.08. The number of ether oxygens (including phenoxy) is 1. The first-order valence-electron chi connectivity index (χ1n) is 2.73. The van der Waals surface area contributed by atoms with Gasteiger partial charge in [0.05, 0.1) is 0 Å². The van der Waals surface area contributed by atoms with Crippen molar-refractivity contribution in [2.24, 2.45) is 0 Å². The molecule has 0 amide bonds. The Morgan fingerprint density at radius 1 is 1.80 bits per heavy atom. The first-order chi connectivity index (χ1) is 4.57. The molecule has 0 fully saturated rings. The van der Waals surface area contributed by atoms with Crippen molar-refractivity contribution in [3.63, 3.8) is 0 Å². The molecule has 0 radical (unpaired) electrons. The van der Waals surface area contributed by atoms with E-state index in [4.69, 9.17) is 10.2 Å². The molecule has 1 atom stereocenters. The number of aliphatic hydroxyl groups is 2. The Hall–Kier alpha value is -0.870. The van der Waals surface area contributed by atoms with Crippen molar-refractivity contribution in [3.05, 3.63) is 12.2 Å². The summed E-state index contributed by atoms with van der Waals surface area (Å²) in [6, 6.07) is 0. The van der Waals surface area contributed by atoms with E-state index < -0.39 is 18.9 Å². The van der Waals surface area contributed by atoms with E-state index in [2.05, 4.69) is 11.3 Å². The summed E-state index contributed by atoms with van der Waals surface area (Å²) >= 11 is 0. The third-order valence-corrected chi connectivity index (χ3v) is 0.748. The van der Waals surface area contributed by atoms with Crippen molar-refractivity contribution < 1.29 is 19.7 Å². The van der Waals surface area contributed by atoms with E-state index in [0.29, 0.717) is 0 Å². The van der Waals surface area contributed by atoms with Crippen LogP contribution in [0.3, 0.4) is 0 Å². The smallest absolute Gasteiger partial charge is 0.335 e. The number of hydrogen-bond donors (Lipinski definition) is 2. The standard InChI is InChI=1S/C6H10O4/c1-4(2)6(9)10-5(8)3-7/h5,7-8H,1,3H2,2H3. The van der Waals surface area contributed by atoms with Crippen LogP contribution in [0.15, 0.2) is 12.2 Å². The number of esters is 1. The van der Waals surface area contributed by atoms with Crippen LogP contribution in [-0.2, 0) is 9.53 Å². The van der Waals surface area contributed by atoms with Gasteiger partial charge in [-0.2, -0.15) is 0 Å². The summed E-state index contributed by atoms with van der Waals surface area (Å²) in [5, 5.41) is 16.8. The average molecular weight is 146 g/mol. The van der Waals surface area contributed by atoms with Gasteiger partial charge in [0, 0.05) is 5.57 Å². The van der Waals surface area contributed by atoms with Crippen LogP contribution in [0.25, 0.3) is 0 Å². The predicted molar refractivity (Wildman–Crippen MR) is 34.0 cm³/mol. The van der Waals surface area contributed by atoms with Crippen LogP contribution < -0.4 is 0 Å². The first-order valence-corrected chi connectivity index (χ1v) is 2.73. The van der Waals surface area contributed by atoms with Crippen LogP contribution >= 0.6 is 0 Å². The number of rotatable bonds is 3. The minimum absolute atomic E-state index is 0.188. The molecule has 0 saturated carbocycles. The molecular formula is C6H10O4. The van der Waals surface area contributed by atoms with E-state index >= 15 is 0 Å². The number of carbonyl (C=O) groups excluding carboxylic acids is 1. The van der Waals surface area contributed by atoms with E-state index in [9.17, 15) is 4.79 Å². The molecule has 0 aliphatic rings. The van der Waals surface area contributed by atoms with Gasteiger partial charge in [-0.25, -0.2) is 4.79 Å². The molecule has 0 aromatic rings. The molecule has 0 aliphatic heterocycles. The van der Waals surface area contributed by atoms with Gasteiger partial charge in [-0.05, 0) is 6.92 Å². The van der Waals surface area contributed by atoms with Gasteiger partial charge in [-0.3, -0.25) is 0 Å². The van der Waals surface area contributed by atoms with E-state index in [0.717, 1.165) is 0 Å². The Bertz CT molecular complexity index is 141. The van der Waals surface area contributed by atoms with Crippen LogP contribution in [0, 0.1) is 0 Å². The quantitative estimate of drug-likeness (QED) is 0.317. The summed E-state index contributed by atoms with van der Waals surface area (Å²) in [6.45, 7) is 4.13. The summed E-state index contributed by atoms with van der Waals surface area (Å²) in [4.78, 5) is 10.5. The van der Waals surface area contributed by atoms with Crippen LogP contribution in [0.4, 0.5) is 0 Å². The molecule has 58 valence electrons. The molecule has 0 bridgehead atoms. The second-order valence-corrected chi connectivity index (χ2v) is 1.82. The largest absolute Gasteiger partial charge is 0.430 e. The minimum Gasteiger partial charge on any atom is -0.430 e. The molecule has 0 spiro atoms. The Morgan fingerprint density at radius 3 is 2.60 bits per heavy atom. The lowest BCUT2D eigenvalue weighted by atomic mass is 10.4. The van der Waals surface area contributed by atoms with Crippen molar-refractivity contribution in [1.82, 2.24) is 0 Å². The van der Waals surface area contributed by atoms with Gasteiger partial charge in [0.15, 0.2) is 0 Å². The minimum atomic E-state index is -1.44. The highest BCUT2D eigenvalue weighted by molar-refractivity contribution is 5.86. The van der Waals surface area contributed by atoms with Gasteiger partial charge in [0.25, 0.3) is 0 Å². The molecule has 0 aromatic carbocycles. The fourth-order valence-corrected chi connectivity index (χ4v) is 0.261. The Morgan fingerprint density at radius 2 is 2.30 bits per heavy atom. The van der Waals surface area contributed by atoms with Crippen LogP contribution in [0.2, 0.25) is 0 Å². The second kappa shape index (κ2) is 4.03. The molecule has 0 aliphatic carbocycles. The summed E-state index contributed by atoms with van der Waals surface area (Å²) in [7, 11) is 0. The highest BCUT2D eigenvalue weighted by Crippen LogP contribution is 1.94. The van der Waals surface area contributed by atoms with E-state index in [1.54, 1.807) is 0 Å². The maximum absolute atomic E-state index is 10.5. The van der Waals surface area contributed by atoms with Gasteiger partial charge in [-0.15, -0.1) is 0 Å².